The van der Waals surface area contributed by atoms with Gasteiger partial charge in [0.05, 0.1) is 0 Å². The molecule has 0 saturated carbocycles. The fraction of sp³-hybridized carbons (Fsp3) is 0.455. The predicted octanol–water partition coefficient (Wildman–Crippen LogP) is 10.6. The first-order valence-corrected chi connectivity index (χ1v) is 19.4. The second-order valence-electron chi connectivity index (χ2n) is 12.2. The molecule has 0 radical (unpaired) electrons. The molecule has 0 heterocycles. The maximum absolute atomic E-state index is 6.76. The first kappa shape index (κ1) is 36.5. The molecule has 3 aromatic rings. The Kier molecular flexibility index (Phi) is 15.1. The molecule has 0 bridgehead atoms. The third kappa shape index (κ3) is 13.5. The second-order valence-corrected chi connectivity index (χ2v) is 17.6. The van der Waals surface area contributed by atoms with Gasteiger partial charge in [0.2, 0.25) is 0 Å². The van der Waals surface area contributed by atoms with Crippen LogP contribution in [0.15, 0.2) is 77.3 Å². The van der Waals surface area contributed by atoms with E-state index in [1.165, 1.54) is 0 Å². The van der Waals surface area contributed by atoms with Crippen molar-refractivity contribution in [2.75, 3.05) is 19.8 Å². The normalized spacial score (nSPS) is 13.8. The van der Waals surface area contributed by atoms with Crippen LogP contribution in [0.3, 0.4) is 0 Å². The van der Waals surface area contributed by atoms with Crippen LogP contribution in [0.4, 0.5) is 0 Å². The Bertz CT molecular complexity index is 1290. The van der Waals surface area contributed by atoms with Crippen molar-refractivity contribution in [2.24, 2.45) is 22.3 Å². The van der Waals surface area contributed by atoms with Crippen molar-refractivity contribution in [1.82, 2.24) is 4.86 Å². The van der Waals surface area contributed by atoms with Crippen LogP contribution in [0.25, 0.3) is 0 Å². The molecule has 2 unspecified atom stereocenters. The Labute approximate surface area is 267 Å². The summed E-state index contributed by atoms with van der Waals surface area (Å²) in [6.45, 7) is 20.1. The summed E-state index contributed by atoms with van der Waals surface area (Å²) in [6.07, 6.45) is 0. The van der Waals surface area contributed by atoms with Crippen LogP contribution in [0, 0.1) is 38.5 Å². The van der Waals surface area contributed by atoms with E-state index < -0.39 is 24.7 Å². The molecule has 8 nitrogen and oxygen atoms in total. The number of hydrogen-bond acceptors (Lipinski definition) is 8. The number of nitrogens with zero attached hydrogens (tertiary/aromatic N) is 1. The van der Waals surface area contributed by atoms with Crippen LogP contribution in [0.1, 0.15) is 58.2 Å². The fourth-order valence-electron chi connectivity index (χ4n) is 3.47. The van der Waals surface area contributed by atoms with E-state index in [2.05, 4.69) is 46.4 Å². The summed E-state index contributed by atoms with van der Waals surface area (Å²) in [5.74, 6) is 2.75. The Hall–Kier alpha value is -2.01. The average Bonchev–Trinajstić information content (AvgIpc) is 2.97. The van der Waals surface area contributed by atoms with E-state index in [4.69, 9.17) is 31.7 Å². The first-order chi connectivity index (χ1) is 20.9. The van der Waals surface area contributed by atoms with E-state index in [0.717, 1.165) is 16.7 Å². The van der Waals surface area contributed by atoms with Crippen LogP contribution >= 0.6 is 24.7 Å². The number of aryl methyl sites for hydroxylation is 3. The zero-order chi connectivity index (χ0) is 32.1. The first-order valence-electron chi connectivity index (χ1n) is 15.2. The SMILES string of the molecule is Cc1ccc(OP(N[PH](N=[PH](OCC(C)C)Oc2ccc(C)cc2)(OCC(C)C)Oc2ccc(C)cc2)OCC(C)C)cc1. The second kappa shape index (κ2) is 18.2. The summed E-state index contributed by atoms with van der Waals surface area (Å²) in [5, 5.41) is 0. The Morgan fingerprint density at radius 3 is 1.64 bits per heavy atom. The molecular formula is C33H51N2O6P3. The average molecular weight is 665 g/mol. The van der Waals surface area contributed by atoms with Crippen molar-refractivity contribution in [3.8, 4) is 17.2 Å². The van der Waals surface area contributed by atoms with E-state index in [9.17, 15) is 0 Å². The molecule has 0 aromatic heterocycles. The van der Waals surface area contributed by atoms with Crippen LogP contribution in [0.5, 0.6) is 17.2 Å². The van der Waals surface area contributed by atoms with Gasteiger partial charge in [0, 0.05) is 0 Å². The van der Waals surface area contributed by atoms with Crippen molar-refractivity contribution in [1.29, 1.82) is 0 Å². The van der Waals surface area contributed by atoms with Gasteiger partial charge < -0.3 is 0 Å². The van der Waals surface area contributed by atoms with Gasteiger partial charge in [-0.3, -0.25) is 0 Å². The minimum atomic E-state index is -3.77. The molecule has 0 amide bonds. The minimum absolute atomic E-state index is 0.214. The quantitative estimate of drug-likeness (QED) is 0.136. The van der Waals surface area contributed by atoms with Gasteiger partial charge in [0.25, 0.3) is 0 Å². The molecule has 0 saturated heterocycles. The van der Waals surface area contributed by atoms with E-state index in [1.807, 2.05) is 93.6 Å². The molecule has 11 heteroatoms. The topological polar surface area (TPSA) is 79.8 Å². The summed E-state index contributed by atoms with van der Waals surface area (Å²) < 4.78 is 44.2. The molecule has 2 atom stereocenters. The monoisotopic (exact) mass is 664 g/mol. The summed E-state index contributed by atoms with van der Waals surface area (Å²) in [6, 6.07) is 23.6. The molecule has 0 aliphatic heterocycles. The predicted molar refractivity (Wildman–Crippen MR) is 187 cm³/mol. The molecule has 0 spiro atoms. The van der Waals surface area contributed by atoms with Crippen molar-refractivity contribution in [3.05, 3.63) is 89.5 Å². The standard InChI is InChI=1S/C33H51N2O6P3/c1-25(2)22-36-42(39-31-16-10-28(7)11-17-31)34-44(38-24-27(5)6,41-33-20-14-30(9)15-21-33)35-43(37-23-26(3)4)40-32-18-12-29(8)13-19-32/h10-21,25-27,34,43-44H,22-24H2,1-9H3. The molecule has 0 aliphatic carbocycles. The van der Waals surface area contributed by atoms with Gasteiger partial charge in [-0.05, 0) is 0 Å². The van der Waals surface area contributed by atoms with E-state index in [-0.39, 0.29) is 17.8 Å². The molecule has 0 aliphatic rings. The van der Waals surface area contributed by atoms with Crippen LogP contribution in [-0.4, -0.2) is 19.8 Å². The third-order valence-electron chi connectivity index (χ3n) is 5.86. The van der Waals surface area contributed by atoms with Crippen molar-refractivity contribution in [2.45, 2.75) is 62.3 Å². The van der Waals surface area contributed by atoms with E-state index >= 15 is 0 Å². The molecule has 244 valence electrons. The molecule has 44 heavy (non-hydrogen) atoms. The Morgan fingerprint density at radius 1 is 0.659 bits per heavy atom. The zero-order valence-electron chi connectivity index (χ0n) is 27.6. The van der Waals surface area contributed by atoms with E-state index in [0.29, 0.717) is 37.1 Å². The fourth-order valence-corrected chi connectivity index (χ4v) is 10.5. The van der Waals surface area contributed by atoms with Crippen molar-refractivity contribution in [3.63, 3.8) is 0 Å². The maximum atomic E-state index is 6.76. The van der Waals surface area contributed by atoms with Crippen LogP contribution in [0.2, 0.25) is 0 Å². The molecular weight excluding hydrogens is 613 g/mol. The third-order valence-corrected chi connectivity index (χ3v) is 12.3. The molecule has 3 rings (SSSR count). The number of rotatable bonds is 18. The zero-order valence-corrected chi connectivity index (χ0v) is 30.5. The number of benzene rings is 3. The summed E-state index contributed by atoms with van der Waals surface area (Å²) in [5.41, 5.74) is 3.40. The van der Waals surface area contributed by atoms with Crippen molar-refractivity contribution >= 4 is 24.7 Å². The molecule has 3 aromatic carbocycles. The summed E-state index contributed by atoms with van der Waals surface area (Å²) in [4.78, 5) is 3.53. The van der Waals surface area contributed by atoms with Gasteiger partial charge in [-0.1, -0.05) is 0 Å². The van der Waals surface area contributed by atoms with Gasteiger partial charge in [-0.2, -0.15) is 0 Å². The van der Waals surface area contributed by atoms with Crippen molar-refractivity contribution < 1.29 is 27.1 Å². The van der Waals surface area contributed by atoms with Gasteiger partial charge in [0.1, 0.15) is 0 Å². The Balaban J connectivity index is 2.12. The number of nitrogens with one attached hydrogen (secondary N) is 1. The van der Waals surface area contributed by atoms with Crippen LogP contribution in [-0.2, 0) is 13.6 Å². The van der Waals surface area contributed by atoms with Gasteiger partial charge in [0.15, 0.2) is 0 Å². The Morgan fingerprint density at radius 2 is 1.14 bits per heavy atom. The van der Waals surface area contributed by atoms with E-state index in [1.54, 1.807) is 0 Å². The van der Waals surface area contributed by atoms with Gasteiger partial charge in [-0.15, -0.1) is 0 Å². The molecule has 0 fully saturated rings. The number of hydrogen-bond donors (Lipinski definition) is 1. The van der Waals surface area contributed by atoms with Crippen LogP contribution < -0.4 is 18.4 Å². The summed E-state index contributed by atoms with van der Waals surface area (Å²) in [7, 11) is -7.83. The molecule has 1 N–H and O–H groups in total. The van der Waals surface area contributed by atoms with Gasteiger partial charge in [-0.25, -0.2) is 0 Å². The summed E-state index contributed by atoms with van der Waals surface area (Å²) >= 11 is 0. The van der Waals surface area contributed by atoms with Gasteiger partial charge >= 0.3 is 268 Å².